The molecule has 3 N–H and O–H groups in total. The van der Waals surface area contributed by atoms with Gasteiger partial charge in [-0.3, -0.25) is 10.1 Å². The third-order valence-electron chi connectivity index (χ3n) is 3.17. The Bertz CT molecular complexity index is 631. The molecule has 7 nitrogen and oxygen atoms in total. The predicted octanol–water partition coefficient (Wildman–Crippen LogP) is 0.750. The molecule has 9 heteroatoms. The summed E-state index contributed by atoms with van der Waals surface area (Å²) >= 11 is 0. The molecule has 1 aliphatic carbocycles. The van der Waals surface area contributed by atoms with E-state index in [4.69, 9.17) is 5.73 Å². The molecule has 1 aromatic rings. The van der Waals surface area contributed by atoms with E-state index in [0.717, 1.165) is 25.0 Å². The normalized spacial score (nSPS) is 16.9. The predicted molar refractivity (Wildman–Crippen MR) is 68.9 cm³/mol. The average Bonchev–Trinajstić information content (AvgIpc) is 3.19. The van der Waals surface area contributed by atoms with E-state index < -0.39 is 37.4 Å². The topological polar surface area (TPSA) is 115 Å². The lowest BCUT2D eigenvalue weighted by Gasteiger charge is -2.16. The third-order valence-corrected chi connectivity index (χ3v) is 4.69. The van der Waals surface area contributed by atoms with E-state index in [1.807, 2.05) is 0 Å². The van der Waals surface area contributed by atoms with Crippen molar-refractivity contribution in [1.82, 2.24) is 4.72 Å². The second-order valence-corrected chi connectivity index (χ2v) is 6.36. The van der Waals surface area contributed by atoms with Crippen LogP contribution < -0.4 is 10.5 Å². The number of non-ortho nitro benzene ring substituents is 1. The van der Waals surface area contributed by atoms with Crippen molar-refractivity contribution in [3.8, 4) is 0 Å². The Labute approximate surface area is 115 Å². The number of hydrogen-bond donors (Lipinski definition) is 2. The van der Waals surface area contributed by atoms with E-state index in [1.54, 1.807) is 0 Å². The molecule has 2 rings (SSSR count). The second-order valence-electron chi connectivity index (χ2n) is 4.67. The molecule has 1 aliphatic rings. The molecule has 1 atom stereocenters. The fourth-order valence-corrected chi connectivity index (χ4v) is 3.30. The van der Waals surface area contributed by atoms with E-state index in [1.165, 1.54) is 0 Å². The maximum Gasteiger partial charge on any atom is 0.272 e. The van der Waals surface area contributed by atoms with Gasteiger partial charge in [-0.1, -0.05) is 0 Å². The Balaban J connectivity index is 2.27. The highest BCUT2D eigenvalue weighted by atomic mass is 32.2. The van der Waals surface area contributed by atoms with Crippen molar-refractivity contribution >= 4 is 15.7 Å². The van der Waals surface area contributed by atoms with Gasteiger partial charge in [-0.05, 0) is 24.8 Å². The lowest BCUT2D eigenvalue weighted by atomic mass is 10.2. The summed E-state index contributed by atoms with van der Waals surface area (Å²) in [5.74, 6) is -0.978. The molecule has 1 fully saturated rings. The molecule has 1 unspecified atom stereocenters. The summed E-state index contributed by atoms with van der Waals surface area (Å²) in [6.45, 7) is 0.124. The summed E-state index contributed by atoms with van der Waals surface area (Å²) in [7, 11) is -4.08. The highest BCUT2D eigenvalue weighted by molar-refractivity contribution is 7.89. The first-order chi connectivity index (χ1) is 9.35. The number of nitrogens with one attached hydrogen (secondary N) is 1. The first kappa shape index (κ1) is 14.8. The smallest absolute Gasteiger partial charge is 0.272 e. The van der Waals surface area contributed by atoms with Gasteiger partial charge in [0.05, 0.1) is 11.0 Å². The molecule has 20 heavy (non-hydrogen) atoms. The Kier molecular flexibility index (Phi) is 4.02. The zero-order chi connectivity index (χ0) is 14.9. The van der Waals surface area contributed by atoms with Crippen molar-refractivity contribution in [2.75, 3.05) is 6.54 Å². The number of halogens is 1. The number of nitro groups is 1. The fraction of sp³-hybridized carbons (Fsp3) is 0.455. The maximum absolute atomic E-state index is 13.7. The zero-order valence-electron chi connectivity index (χ0n) is 10.5. The van der Waals surface area contributed by atoms with Crippen molar-refractivity contribution in [1.29, 1.82) is 0 Å². The summed E-state index contributed by atoms with van der Waals surface area (Å²) in [6, 6.07) is 1.99. The summed E-state index contributed by atoms with van der Waals surface area (Å²) in [5.41, 5.74) is 4.99. The van der Waals surface area contributed by atoms with Gasteiger partial charge in [0.25, 0.3) is 5.69 Å². The van der Waals surface area contributed by atoms with Gasteiger partial charge < -0.3 is 5.73 Å². The zero-order valence-corrected chi connectivity index (χ0v) is 11.3. The van der Waals surface area contributed by atoms with Crippen LogP contribution in [-0.4, -0.2) is 25.9 Å². The van der Waals surface area contributed by atoms with E-state index in [0.29, 0.717) is 6.07 Å². The summed E-state index contributed by atoms with van der Waals surface area (Å²) in [4.78, 5) is 9.09. The number of sulfonamides is 1. The van der Waals surface area contributed by atoms with Crippen LogP contribution in [0.5, 0.6) is 0 Å². The number of nitrogens with two attached hydrogens (primary N) is 1. The monoisotopic (exact) mass is 303 g/mol. The third kappa shape index (κ3) is 3.11. The summed E-state index contributed by atoms with van der Waals surface area (Å²) in [6.07, 6.45) is 1.76. The average molecular weight is 303 g/mol. The van der Waals surface area contributed by atoms with Crippen molar-refractivity contribution in [2.45, 2.75) is 23.8 Å². The fourth-order valence-electron chi connectivity index (χ4n) is 1.92. The van der Waals surface area contributed by atoms with Crippen LogP contribution in [0.4, 0.5) is 10.1 Å². The van der Waals surface area contributed by atoms with Gasteiger partial charge in [0, 0.05) is 18.7 Å². The van der Waals surface area contributed by atoms with E-state index >= 15 is 0 Å². The molecular weight excluding hydrogens is 289 g/mol. The highest BCUT2D eigenvalue weighted by Gasteiger charge is 2.34. The molecule has 0 saturated heterocycles. The lowest BCUT2D eigenvalue weighted by molar-refractivity contribution is -0.385. The van der Waals surface area contributed by atoms with Crippen LogP contribution in [0.3, 0.4) is 0 Å². The van der Waals surface area contributed by atoms with Crippen LogP contribution >= 0.6 is 0 Å². The van der Waals surface area contributed by atoms with Crippen LogP contribution in [-0.2, 0) is 10.0 Å². The number of nitrogens with zero attached hydrogens (tertiary/aromatic N) is 1. The van der Waals surface area contributed by atoms with Crippen molar-refractivity contribution in [3.63, 3.8) is 0 Å². The van der Waals surface area contributed by atoms with Crippen LogP contribution in [0.2, 0.25) is 0 Å². The highest BCUT2D eigenvalue weighted by Crippen LogP contribution is 2.33. The first-order valence-electron chi connectivity index (χ1n) is 6.01. The minimum Gasteiger partial charge on any atom is -0.329 e. The van der Waals surface area contributed by atoms with Crippen molar-refractivity contribution in [3.05, 3.63) is 34.1 Å². The number of benzene rings is 1. The van der Waals surface area contributed by atoms with Crippen molar-refractivity contribution in [2.24, 2.45) is 11.7 Å². The van der Waals surface area contributed by atoms with Crippen LogP contribution in [0.25, 0.3) is 0 Å². The van der Waals surface area contributed by atoms with E-state index in [2.05, 4.69) is 4.72 Å². The molecule has 0 aliphatic heterocycles. The summed E-state index contributed by atoms with van der Waals surface area (Å²) < 4.78 is 40.2. The van der Waals surface area contributed by atoms with Crippen LogP contribution in [0.1, 0.15) is 12.8 Å². The molecule has 0 radical (unpaired) electrons. The Hall–Kier alpha value is -1.58. The SMILES string of the molecule is NCC(NS(=O)(=O)c1ccc([N+](=O)[O-])cc1F)C1CC1. The largest absolute Gasteiger partial charge is 0.329 e. The Morgan fingerprint density at radius 2 is 2.15 bits per heavy atom. The van der Waals surface area contributed by atoms with Crippen molar-refractivity contribution < 1.29 is 17.7 Å². The summed E-state index contributed by atoms with van der Waals surface area (Å²) in [5, 5.41) is 10.5. The van der Waals surface area contributed by atoms with E-state index in [-0.39, 0.29) is 12.5 Å². The van der Waals surface area contributed by atoms with Gasteiger partial charge in [0.2, 0.25) is 10.0 Å². The number of hydrogen-bond acceptors (Lipinski definition) is 5. The molecular formula is C11H14FN3O4S. The molecule has 0 bridgehead atoms. The van der Waals surface area contributed by atoms with Gasteiger partial charge >= 0.3 is 0 Å². The number of rotatable bonds is 6. The van der Waals surface area contributed by atoms with Crippen LogP contribution in [0.15, 0.2) is 23.1 Å². The molecule has 110 valence electrons. The van der Waals surface area contributed by atoms with Gasteiger partial charge in [0.1, 0.15) is 10.7 Å². The minimum atomic E-state index is -4.08. The lowest BCUT2D eigenvalue weighted by Crippen LogP contribution is -2.41. The molecule has 1 saturated carbocycles. The maximum atomic E-state index is 13.7. The Morgan fingerprint density at radius 1 is 1.50 bits per heavy atom. The quantitative estimate of drug-likeness (QED) is 0.594. The number of nitro benzene ring substituents is 1. The molecule has 0 spiro atoms. The molecule has 0 amide bonds. The van der Waals surface area contributed by atoms with Gasteiger partial charge in [-0.15, -0.1) is 0 Å². The minimum absolute atomic E-state index is 0.124. The first-order valence-corrected chi connectivity index (χ1v) is 7.50. The molecule has 1 aromatic carbocycles. The van der Waals surface area contributed by atoms with Crippen LogP contribution in [0, 0.1) is 21.8 Å². The van der Waals surface area contributed by atoms with Gasteiger partial charge in [0.15, 0.2) is 0 Å². The molecule has 0 heterocycles. The van der Waals surface area contributed by atoms with Gasteiger partial charge in [-0.25, -0.2) is 17.5 Å². The van der Waals surface area contributed by atoms with E-state index in [9.17, 15) is 22.9 Å². The molecule has 0 aromatic heterocycles. The van der Waals surface area contributed by atoms with Gasteiger partial charge in [-0.2, -0.15) is 0 Å². The standard InChI is InChI=1S/C11H14FN3O4S/c12-9-5-8(15(16)17)3-4-11(9)20(18,19)14-10(6-13)7-1-2-7/h3-5,7,10,14H,1-2,6,13H2. The Morgan fingerprint density at radius 3 is 2.60 bits per heavy atom. The second kappa shape index (κ2) is 5.43.